The normalized spacial score (nSPS) is 35.9. The number of rotatable bonds is 6. The van der Waals surface area contributed by atoms with Crippen molar-refractivity contribution in [2.75, 3.05) is 45.9 Å². The van der Waals surface area contributed by atoms with Crippen molar-refractivity contribution in [3.63, 3.8) is 0 Å². The van der Waals surface area contributed by atoms with Gasteiger partial charge in [-0.3, -0.25) is 0 Å². The molecule has 0 spiro atoms. The summed E-state index contributed by atoms with van der Waals surface area (Å²) >= 11 is 0. The van der Waals surface area contributed by atoms with Crippen molar-refractivity contribution in [1.29, 1.82) is 0 Å². The van der Waals surface area contributed by atoms with Crippen LogP contribution in [0.2, 0.25) is 0 Å². The van der Waals surface area contributed by atoms with E-state index in [9.17, 15) is 0 Å². The number of nitrogens with zero attached hydrogens (tertiary/aromatic N) is 1. The molecule has 2 aliphatic rings. The van der Waals surface area contributed by atoms with Crippen LogP contribution in [0.3, 0.4) is 0 Å². The Hall–Kier alpha value is -0.120. The van der Waals surface area contributed by atoms with Gasteiger partial charge in [0.1, 0.15) is 0 Å². The van der Waals surface area contributed by atoms with Gasteiger partial charge in [0.15, 0.2) is 0 Å². The lowest BCUT2D eigenvalue weighted by Crippen LogP contribution is -2.49. The summed E-state index contributed by atoms with van der Waals surface area (Å²) in [5.41, 5.74) is 0.353. The van der Waals surface area contributed by atoms with E-state index in [4.69, 9.17) is 4.74 Å². The van der Waals surface area contributed by atoms with E-state index in [-0.39, 0.29) is 0 Å². The average molecular weight is 282 g/mol. The van der Waals surface area contributed by atoms with E-state index in [1.165, 1.54) is 32.5 Å². The molecule has 0 radical (unpaired) electrons. The van der Waals surface area contributed by atoms with Crippen LogP contribution in [0.15, 0.2) is 0 Å². The SMILES string of the molecule is CC(C)CNCC1(CN2CC(C)CC(C)C2)CCOC1. The maximum absolute atomic E-state index is 5.75. The van der Waals surface area contributed by atoms with Crippen molar-refractivity contribution in [3.8, 4) is 0 Å². The Balaban J connectivity index is 1.87. The predicted octanol–water partition coefficient (Wildman–Crippen LogP) is 2.62. The zero-order chi connectivity index (χ0) is 14.6. The summed E-state index contributed by atoms with van der Waals surface area (Å²) in [6.07, 6.45) is 2.61. The highest BCUT2D eigenvalue weighted by atomic mass is 16.5. The Labute approximate surface area is 125 Å². The molecule has 1 N–H and O–H groups in total. The molecule has 3 atom stereocenters. The smallest absolute Gasteiger partial charge is 0.0547 e. The van der Waals surface area contributed by atoms with Crippen LogP contribution in [0.5, 0.6) is 0 Å². The van der Waals surface area contributed by atoms with Gasteiger partial charge in [-0.2, -0.15) is 0 Å². The third-order valence-corrected chi connectivity index (χ3v) is 4.74. The van der Waals surface area contributed by atoms with Gasteiger partial charge in [0.05, 0.1) is 6.61 Å². The first kappa shape index (κ1) is 16.3. The summed E-state index contributed by atoms with van der Waals surface area (Å²) in [6.45, 7) is 17.2. The monoisotopic (exact) mass is 282 g/mol. The van der Waals surface area contributed by atoms with Gasteiger partial charge in [0.2, 0.25) is 0 Å². The maximum atomic E-state index is 5.75. The summed E-state index contributed by atoms with van der Waals surface area (Å²) in [5.74, 6) is 2.42. The number of piperidine rings is 1. The Kier molecular flexibility index (Phi) is 5.88. The fourth-order valence-corrected chi connectivity index (χ4v) is 3.99. The third kappa shape index (κ3) is 4.71. The van der Waals surface area contributed by atoms with Crippen LogP contribution in [0.25, 0.3) is 0 Å². The van der Waals surface area contributed by atoms with Crippen LogP contribution < -0.4 is 5.32 Å². The second-order valence-electron chi connectivity index (χ2n) is 7.97. The van der Waals surface area contributed by atoms with Crippen LogP contribution in [0.4, 0.5) is 0 Å². The van der Waals surface area contributed by atoms with Crippen LogP contribution in [0.1, 0.15) is 40.5 Å². The zero-order valence-electron chi connectivity index (χ0n) is 14.0. The number of hydrogen-bond donors (Lipinski definition) is 1. The summed E-state index contributed by atoms with van der Waals surface area (Å²) < 4.78 is 5.75. The lowest BCUT2D eigenvalue weighted by molar-refractivity contribution is 0.0680. The molecule has 0 aromatic heterocycles. The lowest BCUT2D eigenvalue weighted by atomic mass is 9.84. The lowest BCUT2D eigenvalue weighted by Gasteiger charge is -2.40. The van der Waals surface area contributed by atoms with E-state index in [1.54, 1.807) is 0 Å². The second kappa shape index (κ2) is 7.24. The first-order valence-corrected chi connectivity index (χ1v) is 8.50. The van der Waals surface area contributed by atoms with Crippen LogP contribution in [0, 0.1) is 23.2 Å². The molecule has 2 saturated heterocycles. The summed E-state index contributed by atoms with van der Waals surface area (Å²) in [6, 6.07) is 0. The average Bonchev–Trinajstić information content (AvgIpc) is 2.75. The highest BCUT2D eigenvalue weighted by Gasteiger charge is 2.37. The van der Waals surface area contributed by atoms with Crippen molar-refractivity contribution in [2.45, 2.75) is 40.5 Å². The minimum Gasteiger partial charge on any atom is -0.381 e. The molecule has 2 fully saturated rings. The van der Waals surface area contributed by atoms with Crippen molar-refractivity contribution in [3.05, 3.63) is 0 Å². The van der Waals surface area contributed by atoms with Gasteiger partial charge in [-0.25, -0.2) is 0 Å². The van der Waals surface area contributed by atoms with Gasteiger partial charge in [0, 0.05) is 38.2 Å². The fraction of sp³-hybridized carbons (Fsp3) is 1.00. The van der Waals surface area contributed by atoms with E-state index in [2.05, 4.69) is 37.9 Å². The highest BCUT2D eigenvalue weighted by molar-refractivity contribution is 4.90. The van der Waals surface area contributed by atoms with Gasteiger partial charge in [0.25, 0.3) is 0 Å². The van der Waals surface area contributed by atoms with Crippen LogP contribution in [-0.2, 0) is 4.74 Å². The summed E-state index contributed by atoms with van der Waals surface area (Å²) in [5, 5.41) is 3.67. The molecule has 3 heteroatoms. The van der Waals surface area contributed by atoms with Crippen molar-refractivity contribution < 1.29 is 4.74 Å². The Morgan fingerprint density at radius 1 is 1.25 bits per heavy atom. The van der Waals surface area contributed by atoms with Gasteiger partial charge in [-0.05, 0) is 37.1 Å². The number of nitrogens with one attached hydrogen (secondary N) is 1. The predicted molar refractivity (Wildman–Crippen MR) is 85.0 cm³/mol. The quantitative estimate of drug-likeness (QED) is 0.810. The molecule has 0 aliphatic carbocycles. The molecule has 3 nitrogen and oxygen atoms in total. The molecule has 0 saturated carbocycles. The minimum absolute atomic E-state index is 0.353. The first-order chi connectivity index (χ1) is 9.49. The van der Waals surface area contributed by atoms with Crippen molar-refractivity contribution >= 4 is 0 Å². The second-order valence-corrected chi connectivity index (χ2v) is 7.97. The largest absolute Gasteiger partial charge is 0.381 e. The van der Waals surface area contributed by atoms with E-state index in [1.807, 2.05) is 0 Å². The third-order valence-electron chi connectivity index (χ3n) is 4.74. The van der Waals surface area contributed by atoms with Crippen molar-refractivity contribution in [1.82, 2.24) is 10.2 Å². The molecular formula is C17H34N2O. The number of likely N-dealkylation sites (tertiary alicyclic amines) is 1. The van der Waals surface area contributed by atoms with Crippen molar-refractivity contribution in [2.24, 2.45) is 23.2 Å². The summed E-state index contributed by atoms with van der Waals surface area (Å²) in [7, 11) is 0. The van der Waals surface area contributed by atoms with Gasteiger partial charge >= 0.3 is 0 Å². The Morgan fingerprint density at radius 2 is 1.95 bits per heavy atom. The minimum atomic E-state index is 0.353. The number of hydrogen-bond acceptors (Lipinski definition) is 3. The molecule has 20 heavy (non-hydrogen) atoms. The Bertz CT molecular complexity index is 277. The number of ether oxygens (including phenoxy) is 1. The maximum Gasteiger partial charge on any atom is 0.0547 e. The van der Waals surface area contributed by atoms with Crippen LogP contribution in [-0.4, -0.2) is 50.8 Å². The first-order valence-electron chi connectivity index (χ1n) is 8.50. The van der Waals surface area contributed by atoms with E-state index < -0.39 is 0 Å². The van der Waals surface area contributed by atoms with Crippen LogP contribution >= 0.6 is 0 Å². The van der Waals surface area contributed by atoms with E-state index >= 15 is 0 Å². The molecule has 0 bridgehead atoms. The molecule has 2 heterocycles. The van der Waals surface area contributed by atoms with Gasteiger partial charge in [-0.15, -0.1) is 0 Å². The molecule has 0 aromatic carbocycles. The molecule has 3 unspecified atom stereocenters. The molecule has 0 aromatic rings. The fourth-order valence-electron chi connectivity index (χ4n) is 3.99. The topological polar surface area (TPSA) is 24.5 Å². The summed E-state index contributed by atoms with van der Waals surface area (Å²) in [4.78, 5) is 2.70. The molecular weight excluding hydrogens is 248 g/mol. The molecule has 2 aliphatic heterocycles. The van der Waals surface area contributed by atoms with E-state index in [0.717, 1.165) is 44.1 Å². The molecule has 2 rings (SSSR count). The standard InChI is InChI=1S/C17H34N2O/c1-14(2)8-18-11-17(5-6-20-13-17)12-19-9-15(3)7-16(4)10-19/h14-16,18H,5-13H2,1-4H3. The Morgan fingerprint density at radius 3 is 2.50 bits per heavy atom. The molecule has 0 amide bonds. The van der Waals surface area contributed by atoms with Gasteiger partial charge < -0.3 is 15.0 Å². The van der Waals surface area contributed by atoms with E-state index in [0.29, 0.717) is 5.41 Å². The molecule has 118 valence electrons. The zero-order valence-corrected chi connectivity index (χ0v) is 14.0. The highest BCUT2D eigenvalue weighted by Crippen LogP contribution is 2.31. The van der Waals surface area contributed by atoms with Gasteiger partial charge in [-0.1, -0.05) is 27.7 Å².